The fourth-order valence-electron chi connectivity index (χ4n) is 1.33. The maximum absolute atomic E-state index is 8.82. The van der Waals surface area contributed by atoms with Crippen molar-refractivity contribution in [1.29, 1.82) is 0 Å². The van der Waals surface area contributed by atoms with Crippen molar-refractivity contribution in [3.8, 4) is 0 Å². The van der Waals surface area contributed by atoms with Gasteiger partial charge in [0.2, 0.25) is 0 Å². The molecule has 0 spiro atoms. The fraction of sp³-hybridized carbons (Fsp3) is 0.600. The van der Waals surface area contributed by atoms with Crippen molar-refractivity contribution in [3.05, 3.63) is 23.8 Å². The first-order chi connectivity index (χ1) is 5.33. The minimum Gasteiger partial charge on any atom is -0.396 e. The summed E-state index contributed by atoms with van der Waals surface area (Å²) in [7, 11) is 0. The second-order valence-electron chi connectivity index (χ2n) is 3.28. The summed E-state index contributed by atoms with van der Waals surface area (Å²) < 4.78 is 0. The predicted octanol–water partition coefficient (Wildman–Crippen LogP) is 2.28. The summed E-state index contributed by atoms with van der Waals surface area (Å²) in [4.78, 5) is 0. The van der Waals surface area contributed by atoms with E-state index in [0.29, 0.717) is 12.5 Å². The maximum Gasteiger partial charge on any atom is 0.0459 e. The van der Waals surface area contributed by atoms with Crippen LogP contribution in [0.5, 0.6) is 0 Å². The normalized spacial score (nSPS) is 19.6. The largest absolute Gasteiger partial charge is 0.396 e. The van der Waals surface area contributed by atoms with Crippen LogP contribution in [0.4, 0.5) is 0 Å². The Hall–Kier alpha value is -0.560. The van der Waals surface area contributed by atoms with Gasteiger partial charge in [-0.05, 0) is 25.2 Å². The zero-order valence-corrected chi connectivity index (χ0v) is 7.09. The van der Waals surface area contributed by atoms with Crippen molar-refractivity contribution in [2.24, 2.45) is 5.92 Å². The quantitative estimate of drug-likeness (QED) is 0.657. The zero-order chi connectivity index (χ0) is 8.10. The minimum atomic E-state index is 0.307. The summed E-state index contributed by atoms with van der Waals surface area (Å²) in [5.41, 5.74) is 1.48. The molecule has 1 nitrogen and oxygen atoms in total. The van der Waals surface area contributed by atoms with E-state index in [9.17, 15) is 0 Å². The van der Waals surface area contributed by atoms with Crippen LogP contribution >= 0.6 is 0 Å². The Bertz CT molecular complexity index is 168. The van der Waals surface area contributed by atoms with Gasteiger partial charge in [0, 0.05) is 6.61 Å². The van der Waals surface area contributed by atoms with Crippen LogP contribution in [0.25, 0.3) is 0 Å². The molecule has 0 bridgehead atoms. The molecule has 1 rings (SSSR count). The number of aliphatic hydroxyl groups is 1. The molecule has 0 amide bonds. The average molecular weight is 152 g/mol. The maximum atomic E-state index is 8.82. The van der Waals surface area contributed by atoms with E-state index < -0.39 is 0 Å². The summed E-state index contributed by atoms with van der Waals surface area (Å²) in [6, 6.07) is 0. The van der Waals surface area contributed by atoms with Crippen molar-refractivity contribution in [2.45, 2.75) is 26.2 Å². The van der Waals surface area contributed by atoms with Crippen LogP contribution in [-0.4, -0.2) is 11.7 Å². The number of allylic oxidation sites excluding steroid dienone is 4. The van der Waals surface area contributed by atoms with E-state index in [1.807, 2.05) is 0 Å². The second-order valence-corrected chi connectivity index (χ2v) is 3.28. The third-order valence-electron chi connectivity index (χ3n) is 2.02. The number of aliphatic hydroxyl groups excluding tert-OH is 1. The van der Waals surface area contributed by atoms with Gasteiger partial charge in [-0.25, -0.2) is 0 Å². The van der Waals surface area contributed by atoms with Crippen LogP contribution in [0.2, 0.25) is 0 Å². The van der Waals surface area contributed by atoms with Crippen LogP contribution in [0.3, 0.4) is 0 Å². The van der Waals surface area contributed by atoms with E-state index in [4.69, 9.17) is 5.11 Å². The van der Waals surface area contributed by atoms with Crippen LogP contribution in [-0.2, 0) is 0 Å². The lowest BCUT2D eigenvalue weighted by atomic mass is 9.95. The smallest absolute Gasteiger partial charge is 0.0459 e. The van der Waals surface area contributed by atoms with Crippen LogP contribution < -0.4 is 0 Å². The van der Waals surface area contributed by atoms with E-state index in [0.717, 1.165) is 6.42 Å². The summed E-state index contributed by atoms with van der Waals surface area (Å²) in [6.07, 6.45) is 9.89. The SMILES string of the molecule is CC(CO)CC1=CC=CCC1. The van der Waals surface area contributed by atoms with E-state index in [-0.39, 0.29) is 0 Å². The molecule has 0 aliphatic heterocycles. The van der Waals surface area contributed by atoms with Crippen LogP contribution in [0.15, 0.2) is 23.8 Å². The van der Waals surface area contributed by atoms with Gasteiger partial charge < -0.3 is 5.11 Å². The lowest BCUT2D eigenvalue weighted by Crippen LogP contribution is -2.02. The Morgan fingerprint density at radius 2 is 2.45 bits per heavy atom. The summed E-state index contributed by atoms with van der Waals surface area (Å²) >= 11 is 0. The third kappa shape index (κ3) is 2.89. The Morgan fingerprint density at radius 3 is 3.00 bits per heavy atom. The molecule has 0 saturated heterocycles. The molecule has 0 aromatic heterocycles. The Balaban J connectivity index is 2.35. The highest BCUT2D eigenvalue weighted by Gasteiger charge is 2.04. The molecule has 0 aromatic carbocycles. The predicted molar refractivity (Wildman–Crippen MR) is 47.3 cm³/mol. The first-order valence-electron chi connectivity index (χ1n) is 4.28. The Kier molecular flexibility index (Phi) is 3.37. The second kappa shape index (κ2) is 4.35. The average Bonchev–Trinajstić information content (AvgIpc) is 2.06. The standard InChI is InChI=1S/C10H16O/c1-9(8-11)7-10-5-3-2-4-6-10/h2-3,5,9,11H,4,6-8H2,1H3. The monoisotopic (exact) mass is 152 g/mol. The van der Waals surface area contributed by atoms with E-state index in [1.54, 1.807) is 0 Å². The molecule has 1 atom stereocenters. The van der Waals surface area contributed by atoms with Crippen molar-refractivity contribution < 1.29 is 5.11 Å². The Labute approximate surface area is 68.4 Å². The zero-order valence-electron chi connectivity index (χ0n) is 7.09. The molecule has 1 unspecified atom stereocenters. The van der Waals surface area contributed by atoms with Crippen LogP contribution in [0, 0.1) is 5.92 Å². The van der Waals surface area contributed by atoms with Crippen molar-refractivity contribution in [3.63, 3.8) is 0 Å². The van der Waals surface area contributed by atoms with Gasteiger partial charge in [-0.3, -0.25) is 0 Å². The molecule has 1 heteroatoms. The molecule has 1 aliphatic carbocycles. The van der Waals surface area contributed by atoms with Gasteiger partial charge in [0.05, 0.1) is 0 Å². The topological polar surface area (TPSA) is 20.2 Å². The highest BCUT2D eigenvalue weighted by Crippen LogP contribution is 2.19. The van der Waals surface area contributed by atoms with Gasteiger partial charge in [-0.2, -0.15) is 0 Å². The first-order valence-corrected chi connectivity index (χ1v) is 4.28. The van der Waals surface area contributed by atoms with Crippen molar-refractivity contribution in [2.75, 3.05) is 6.61 Å². The molecule has 0 saturated carbocycles. The molecule has 1 N–H and O–H groups in total. The highest BCUT2D eigenvalue weighted by molar-refractivity contribution is 5.17. The van der Waals surface area contributed by atoms with Crippen molar-refractivity contribution >= 4 is 0 Å². The molecule has 0 radical (unpaired) electrons. The summed E-state index contributed by atoms with van der Waals surface area (Å²) in [6.45, 7) is 2.39. The van der Waals surface area contributed by atoms with Gasteiger partial charge >= 0.3 is 0 Å². The molecular weight excluding hydrogens is 136 g/mol. The molecule has 0 fully saturated rings. The first kappa shape index (κ1) is 8.54. The summed E-state index contributed by atoms with van der Waals surface area (Å²) in [5.74, 6) is 0.424. The van der Waals surface area contributed by atoms with Gasteiger partial charge in [-0.1, -0.05) is 30.7 Å². The summed E-state index contributed by atoms with van der Waals surface area (Å²) in [5, 5.41) is 8.82. The highest BCUT2D eigenvalue weighted by atomic mass is 16.3. The van der Waals surface area contributed by atoms with E-state index >= 15 is 0 Å². The molecule has 62 valence electrons. The molecule has 0 heterocycles. The fourth-order valence-corrected chi connectivity index (χ4v) is 1.33. The molecule has 0 aromatic rings. The van der Waals surface area contributed by atoms with E-state index in [1.165, 1.54) is 18.4 Å². The Morgan fingerprint density at radius 1 is 1.64 bits per heavy atom. The number of hydrogen-bond donors (Lipinski definition) is 1. The molecular formula is C10H16O. The van der Waals surface area contributed by atoms with Crippen LogP contribution in [0.1, 0.15) is 26.2 Å². The number of rotatable bonds is 3. The van der Waals surface area contributed by atoms with Crippen molar-refractivity contribution in [1.82, 2.24) is 0 Å². The lowest BCUT2D eigenvalue weighted by molar-refractivity contribution is 0.236. The van der Waals surface area contributed by atoms with Gasteiger partial charge in [0.15, 0.2) is 0 Å². The van der Waals surface area contributed by atoms with Gasteiger partial charge in [-0.15, -0.1) is 0 Å². The van der Waals surface area contributed by atoms with Gasteiger partial charge in [0.25, 0.3) is 0 Å². The van der Waals surface area contributed by atoms with E-state index in [2.05, 4.69) is 25.2 Å². The minimum absolute atomic E-state index is 0.307. The third-order valence-corrected chi connectivity index (χ3v) is 2.02. The molecule has 1 aliphatic rings. The van der Waals surface area contributed by atoms with Gasteiger partial charge in [0.1, 0.15) is 0 Å². The lowest BCUT2D eigenvalue weighted by Gasteiger charge is -2.12. The molecule has 11 heavy (non-hydrogen) atoms. The number of hydrogen-bond acceptors (Lipinski definition) is 1.